The molecule has 12 heavy (non-hydrogen) atoms. The molecule has 0 spiro atoms. The van der Waals surface area contributed by atoms with Crippen LogP contribution in [0.2, 0.25) is 0 Å². The highest BCUT2D eigenvalue weighted by Gasteiger charge is 2.19. The smallest absolute Gasteiger partial charge is 0.122 e. The summed E-state index contributed by atoms with van der Waals surface area (Å²) in [4.78, 5) is 3.81. The maximum Gasteiger partial charge on any atom is 0.122 e. The monoisotopic (exact) mass is 190 g/mol. The first kappa shape index (κ1) is 9.51. The number of aryl methyl sites for hydroxylation is 1. The Morgan fingerprint density at radius 1 is 1.67 bits per heavy atom. The summed E-state index contributed by atoms with van der Waals surface area (Å²) >= 11 is 5.38. The van der Waals surface area contributed by atoms with Crippen molar-refractivity contribution in [3.8, 4) is 0 Å². The van der Waals surface area contributed by atoms with Gasteiger partial charge in [-0.2, -0.15) is 0 Å². The van der Waals surface area contributed by atoms with E-state index in [0.29, 0.717) is 5.69 Å². The lowest BCUT2D eigenvalue weighted by Gasteiger charge is -2.15. The van der Waals surface area contributed by atoms with Crippen molar-refractivity contribution in [1.82, 2.24) is 9.55 Å². The minimum absolute atomic E-state index is 0.00630. The van der Waals surface area contributed by atoms with E-state index in [9.17, 15) is 10.2 Å². The standard InChI is InChI=1S/C7H11ClN2O2/c1-10-4-9-3-5(10)7(12)6(11)2-8/h3-4,6-7,11-12H,2H2,1H3. The average molecular weight is 191 g/mol. The van der Waals surface area contributed by atoms with Gasteiger partial charge in [0.25, 0.3) is 0 Å². The lowest BCUT2D eigenvalue weighted by Crippen LogP contribution is -2.21. The molecule has 1 aromatic rings. The molecule has 0 radical (unpaired) electrons. The number of hydrogen-bond acceptors (Lipinski definition) is 3. The molecule has 1 aromatic heterocycles. The molecule has 4 nitrogen and oxygen atoms in total. The van der Waals surface area contributed by atoms with Gasteiger partial charge >= 0.3 is 0 Å². The molecule has 0 aliphatic heterocycles. The third kappa shape index (κ3) is 1.77. The normalized spacial score (nSPS) is 16.0. The maximum absolute atomic E-state index is 9.46. The molecule has 0 fully saturated rings. The highest BCUT2D eigenvalue weighted by molar-refractivity contribution is 6.18. The van der Waals surface area contributed by atoms with Gasteiger partial charge in [0, 0.05) is 7.05 Å². The number of imidazole rings is 1. The summed E-state index contributed by atoms with van der Waals surface area (Å²) in [5, 5.41) is 18.7. The quantitative estimate of drug-likeness (QED) is 0.663. The summed E-state index contributed by atoms with van der Waals surface area (Å²) in [6, 6.07) is 0. The molecule has 68 valence electrons. The highest BCUT2D eigenvalue weighted by atomic mass is 35.5. The first-order valence-corrected chi connectivity index (χ1v) is 4.08. The molecule has 2 atom stereocenters. The Bertz CT molecular complexity index is 251. The molecule has 0 bridgehead atoms. The second-order valence-corrected chi connectivity index (χ2v) is 2.90. The molecule has 0 aliphatic rings. The molecular formula is C7H11ClN2O2. The number of alkyl halides is 1. The van der Waals surface area contributed by atoms with Gasteiger partial charge in [-0.3, -0.25) is 0 Å². The van der Waals surface area contributed by atoms with Gasteiger partial charge in [-0.15, -0.1) is 11.6 Å². The van der Waals surface area contributed by atoms with Crippen molar-refractivity contribution in [2.45, 2.75) is 12.2 Å². The van der Waals surface area contributed by atoms with Crippen LogP contribution in [-0.4, -0.2) is 31.7 Å². The van der Waals surface area contributed by atoms with Crippen LogP contribution in [0.4, 0.5) is 0 Å². The number of hydrogen-bond donors (Lipinski definition) is 2. The lowest BCUT2D eigenvalue weighted by molar-refractivity contribution is 0.0282. The number of aliphatic hydroxyl groups excluding tert-OH is 2. The topological polar surface area (TPSA) is 58.3 Å². The molecular weight excluding hydrogens is 180 g/mol. The molecule has 0 aliphatic carbocycles. The molecule has 0 amide bonds. The van der Waals surface area contributed by atoms with Gasteiger partial charge in [0.2, 0.25) is 0 Å². The SMILES string of the molecule is Cn1cncc1C(O)C(O)CCl. The van der Waals surface area contributed by atoms with Crippen LogP contribution in [0.1, 0.15) is 11.8 Å². The third-order valence-corrected chi connectivity index (χ3v) is 2.00. The van der Waals surface area contributed by atoms with Crippen molar-refractivity contribution in [2.24, 2.45) is 7.05 Å². The summed E-state index contributed by atoms with van der Waals surface area (Å²) in [7, 11) is 1.74. The van der Waals surface area contributed by atoms with E-state index in [2.05, 4.69) is 4.98 Å². The minimum atomic E-state index is -0.963. The fourth-order valence-corrected chi connectivity index (χ4v) is 1.10. The zero-order valence-corrected chi connectivity index (χ0v) is 7.44. The molecule has 2 unspecified atom stereocenters. The molecule has 1 heterocycles. The Labute approximate surface area is 75.4 Å². The largest absolute Gasteiger partial charge is 0.389 e. The molecule has 5 heteroatoms. The van der Waals surface area contributed by atoms with Gasteiger partial charge in [-0.05, 0) is 0 Å². The van der Waals surface area contributed by atoms with Crippen molar-refractivity contribution in [3.63, 3.8) is 0 Å². The number of halogens is 1. The first-order valence-electron chi connectivity index (χ1n) is 3.55. The zero-order valence-electron chi connectivity index (χ0n) is 6.68. The van der Waals surface area contributed by atoms with E-state index in [4.69, 9.17) is 11.6 Å². The Balaban J connectivity index is 2.77. The van der Waals surface area contributed by atoms with E-state index in [0.717, 1.165) is 0 Å². The summed E-state index contributed by atoms with van der Waals surface area (Å²) in [6.45, 7) is 0. The van der Waals surface area contributed by atoms with Gasteiger partial charge in [0.15, 0.2) is 0 Å². The molecule has 0 aromatic carbocycles. The third-order valence-electron chi connectivity index (χ3n) is 1.68. The predicted molar refractivity (Wildman–Crippen MR) is 44.9 cm³/mol. The van der Waals surface area contributed by atoms with Crippen LogP contribution >= 0.6 is 11.6 Å². The Morgan fingerprint density at radius 2 is 2.33 bits per heavy atom. The van der Waals surface area contributed by atoms with Gasteiger partial charge < -0.3 is 14.8 Å². The van der Waals surface area contributed by atoms with Gasteiger partial charge in [0.05, 0.1) is 30.2 Å². The van der Waals surface area contributed by atoms with Crippen LogP contribution in [0.15, 0.2) is 12.5 Å². The highest BCUT2D eigenvalue weighted by Crippen LogP contribution is 2.15. The molecule has 0 saturated heterocycles. The van der Waals surface area contributed by atoms with Crippen molar-refractivity contribution < 1.29 is 10.2 Å². The van der Waals surface area contributed by atoms with Gasteiger partial charge in [-0.25, -0.2) is 4.98 Å². The van der Waals surface area contributed by atoms with E-state index in [1.165, 1.54) is 6.20 Å². The zero-order chi connectivity index (χ0) is 9.14. The number of rotatable bonds is 3. The van der Waals surface area contributed by atoms with Crippen molar-refractivity contribution in [3.05, 3.63) is 18.2 Å². The second-order valence-electron chi connectivity index (χ2n) is 2.60. The van der Waals surface area contributed by atoms with E-state index >= 15 is 0 Å². The van der Waals surface area contributed by atoms with Crippen LogP contribution in [0.5, 0.6) is 0 Å². The fraction of sp³-hybridized carbons (Fsp3) is 0.571. The van der Waals surface area contributed by atoms with Crippen molar-refractivity contribution >= 4 is 11.6 Å². The van der Waals surface area contributed by atoms with Crippen LogP contribution in [0, 0.1) is 0 Å². The van der Waals surface area contributed by atoms with Crippen LogP contribution < -0.4 is 0 Å². The Hall–Kier alpha value is -0.580. The molecule has 0 saturated carbocycles. The number of nitrogens with zero attached hydrogens (tertiary/aromatic N) is 2. The van der Waals surface area contributed by atoms with Gasteiger partial charge in [0.1, 0.15) is 6.10 Å². The van der Waals surface area contributed by atoms with E-state index < -0.39 is 12.2 Å². The molecule has 2 N–H and O–H groups in total. The van der Waals surface area contributed by atoms with E-state index in [1.807, 2.05) is 0 Å². The second kappa shape index (κ2) is 3.89. The minimum Gasteiger partial charge on any atom is -0.389 e. The van der Waals surface area contributed by atoms with Crippen LogP contribution in [-0.2, 0) is 7.05 Å². The van der Waals surface area contributed by atoms with Crippen LogP contribution in [0.3, 0.4) is 0 Å². The number of aromatic nitrogens is 2. The Morgan fingerprint density at radius 3 is 2.75 bits per heavy atom. The Kier molecular flexibility index (Phi) is 3.08. The van der Waals surface area contributed by atoms with E-state index in [1.54, 1.807) is 17.9 Å². The summed E-state index contributed by atoms with van der Waals surface area (Å²) in [5.41, 5.74) is 0.558. The maximum atomic E-state index is 9.46. The lowest BCUT2D eigenvalue weighted by atomic mass is 10.2. The predicted octanol–water partition coefficient (Wildman–Crippen LogP) is 0.0532. The summed E-state index contributed by atoms with van der Waals surface area (Å²) in [6.07, 6.45) is 1.15. The summed E-state index contributed by atoms with van der Waals surface area (Å²) in [5.74, 6) is 0.00630. The molecule has 1 rings (SSSR count). The van der Waals surface area contributed by atoms with Crippen LogP contribution in [0.25, 0.3) is 0 Å². The van der Waals surface area contributed by atoms with Gasteiger partial charge in [-0.1, -0.05) is 0 Å². The fourth-order valence-electron chi connectivity index (χ4n) is 0.934. The first-order chi connectivity index (χ1) is 5.66. The summed E-state index contributed by atoms with van der Waals surface area (Å²) < 4.78 is 1.64. The van der Waals surface area contributed by atoms with Crippen molar-refractivity contribution in [1.29, 1.82) is 0 Å². The van der Waals surface area contributed by atoms with E-state index in [-0.39, 0.29) is 5.88 Å². The average Bonchev–Trinajstić information content (AvgIpc) is 2.48. The van der Waals surface area contributed by atoms with Crippen molar-refractivity contribution in [2.75, 3.05) is 5.88 Å². The number of aliphatic hydroxyl groups is 2.